The zero-order chi connectivity index (χ0) is 16.9. The van der Waals surface area contributed by atoms with Gasteiger partial charge in [-0.05, 0) is 36.8 Å². The van der Waals surface area contributed by atoms with Crippen LogP contribution in [0.2, 0.25) is 5.02 Å². The Morgan fingerprint density at radius 3 is 2.67 bits per heavy atom. The highest BCUT2D eigenvalue weighted by molar-refractivity contribution is 6.31. The fourth-order valence-corrected chi connectivity index (χ4v) is 2.34. The van der Waals surface area contributed by atoms with Crippen molar-refractivity contribution in [3.63, 3.8) is 0 Å². The summed E-state index contributed by atoms with van der Waals surface area (Å²) in [4.78, 5) is 4.42. The number of aryl methyl sites for hydroxylation is 1. The smallest absolute Gasteiger partial charge is 0.249 e. The number of hydrogen-bond donors (Lipinski definition) is 2. The van der Waals surface area contributed by atoms with Crippen LogP contribution in [0.25, 0.3) is 0 Å². The molecule has 0 aliphatic heterocycles. The van der Waals surface area contributed by atoms with Gasteiger partial charge in [0.25, 0.3) is 0 Å². The van der Waals surface area contributed by atoms with Crippen molar-refractivity contribution in [2.45, 2.75) is 6.92 Å². The molecular weight excluding hydrogens is 326 g/mol. The monoisotopic (exact) mass is 341 g/mol. The number of para-hydroxylation sites is 1. The first-order valence-electron chi connectivity index (χ1n) is 7.28. The number of ether oxygens (including phenoxy) is 1. The van der Waals surface area contributed by atoms with Gasteiger partial charge in [0, 0.05) is 10.7 Å². The molecule has 0 radical (unpaired) electrons. The standard InChI is InChI=1S/C17H16ClN5O/c1-11-5-3-4-6-13(11)20-16-10-19-23-17(22-16)21-14-9-12(18)7-8-15(14)24-2/h3-10H,1-2H3,(H2,20,21,22,23). The van der Waals surface area contributed by atoms with E-state index in [1.807, 2.05) is 31.2 Å². The Bertz CT molecular complexity index is 856. The minimum absolute atomic E-state index is 0.342. The van der Waals surface area contributed by atoms with Crippen LogP contribution in [0.5, 0.6) is 5.75 Å². The topological polar surface area (TPSA) is 72.0 Å². The van der Waals surface area contributed by atoms with Crippen molar-refractivity contribution in [1.29, 1.82) is 0 Å². The lowest BCUT2D eigenvalue weighted by Gasteiger charge is -2.11. The maximum atomic E-state index is 6.03. The third-order valence-corrected chi connectivity index (χ3v) is 3.61. The second-order valence-electron chi connectivity index (χ2n) is 5.07. The Balaban J connectivity index is 1.84. The molecule has 0 bridgehead atoms. The summed E-state index contributed by atoms with van der Waals surface area (Å²) in [6.45, 7) is 2.02. The zero-order valence-electron chi connectivity index (χ0n) is 13.2. The summed E-state index contributed by atoms with van der Waals surface area (Å²) in [6.07, 6.45) is 1.56. The van der Waals surface area contributed by atoms with Crippen molar-refractivity contribution in [2.24, 2.45) is 0 Å². The largest absolute Gasteiger partial charge is 0.495 e. The molecule has 0 unspecified atom stereocenters. The average molecular weight is 342 g/mol. The summed E-state index contributed by atoms with van der Waals surface area (Å²) in [7, 11) is 1.59. The van der Waals surface area contributed by atoms with E-state index < -0.39 is 0 Å². The number of benzene rings is 2. The zero-order valence-corrected chi connectivity index (χ0v) is 14.0. The molecular formula is C17H16ClN5O. The number of methoxy groups -OCH3 is 1. The van der Waals surface area contributed by atoms with Gasteiger partial charge in [-0.2, -0.15) is 10.1 Å². The molecule has 6 nitrogen and oxygen atoms in total. The molecule has 0 spiro atoms. The van der Waals surface area contributed by atoms with Crippen LogP contribution >= 0.6 is 11.6 Å². The molecule has 0 aliphatic rings. The summed E-state index contributed by atoms with van der Waals surface area (Å²) in [5.74, 6) is 1.57. The predicted molar refractivity (Wildman–Crippen MR) is 95.6 cm³/mol. The van der Waals surface area contributed by atoms with Gasteiger partial charge in [-0.1, -0.05) is 29.8 Å². The normalized spacial score (nSPS) is 10.3. The fourth-order valence-electron chi connectivity index (χ4n) is 2.17. The quantitative estimate of drug-likeness (QED) is 0.719. The minimum Gasteiger partial charge on any atom is -0.495 e. The van der Waals surface area contributed by atoms with Gasteiger partial charge in [0.1, 0.15) is 5.75 Å². The highest BCUT2D eigenvalue weighted by Gasteiger charge is 2.08. The van der Waals surface area contributed by atoms with Gasteiger partial charge >= 0.3 is 0 Å². The van der Waals surface area contributed by atoms with Crippen LogP contribution in [-0.4, -0.2) is 22.3 Å². The molecule has 0 saturated carbocycles. The van der Waals surface area contributed by atoms with Crippen molar-refractivity contribution < 1.29 is 4.74 Å². The lowest BCUT2D eigenvalue weighted by molar-refractivity contribution is 0.417. The number of halogens is 1. The number of anilines is 4. The molecule has 2 N–H and O–H groups in total. The minimum atomic E-state index is 0.342. The second kappa shape index (κ2) is 7.14. The van der Waals surface area contributed by atoms with Gasteiger partial charge in [0.05, 0.1) is 19.0 Å². The molecule has 0 fully saturated rings. The van der Waals surface area contributed by atoms with Crippen molar-refractivity contribution >= 4 is 34.7 Å². The van der Waals surface area contributed by atoms with Gasteiger partial charge in [-0.15, -0.1) is 5.10 Å². The Hall–Kier alpha value is -2.86. The second-order valence-corrected chi connectivity index (χ2v) is 5.51. The highest BCUT2D eigenvalue weighted by atomic mass is 35.5. The first-order chi connectivity index (χ1) is 11.7. The van der Waals surface area contributed by atoms with Crippen LogP contribution < -0.4 is 15.4 Å². The molecule has 1 aromatic heterocycles. The molecule has 7 heteroatoms. The van der Waals surface area contributed by atoms with Crippen molar-refractivity contribution in [1.82, 2.24) is 15.2 Å². The molecule has 0 aliphatic carbocycles. The maximum absolute atomic E-state index is 6.03. The number of rotatable bonds is 5. The number of nitrogens with zero attached hydrogens (tertiary/aromatic N) is 3. The fraction of sp³-hybridized carbons (Fsp3) is 0.118. The summed E-state index contributed by atoms with van der Waals surface area (Å²) in [5.41, 5.74) is 2.74. The van der Waals surface area contributed by atoms with E-state index in [4.69, 9.17) is 16.3 Å². The molecule has 3 aromatic rings. The maximum Gasteiger partial charge on any atom is 0.249 e. The summed E-state index contributed by atoms with van der Waals surface area (Å²) in [6, 6.07) is 13.2. The number of nitrogens with one attached hydrogen (secondary N) is 2. The van der Waals surface area contributed by atoms with Crippen LogP contribution in [0.3, 0.4) is 0 Å². The first kappa shape index (κ1) is 16.0. The van der Waals surface area contributed by atoms with Gasteiger partial charge in [0.2, 0.25) is 5.95 Å². The number of hydrogen-bond acceptors (Lipinski definition) is 6. The van der Waals surface area contributed by atoms with E-state index in [2.05, 4.69) is 25.8 Å². The first-order valence-corrected chi connectivity index (χ1v) is 7.66. The number of aromatic nitrogens is 3. The molecule has 122 valence electrons. The van der Waals surface area contributed by atoms with Crippen LogP contribution in [0.4, 0.5) is 23.1 Å². The van der Waals surface area contributed by atoms with Crippen LogP contribution in [0.1, 0.15) is 5.56 Å². The third-order valence-electron chi connectivity index (χ3n) is 3.37. The summed E-state index contributed by atoms with van der Waals surface area (Å²) < 4.78 is 5.30. The molecule has 0 atom stereocenters. The molecule has 2 aromatic carbocycles. The predicted octanol–water partition coefficient (Wildman–Crippen LogP) is 4.33. The van der Waals surface area contributed by atoms with Crippen molar-refractivity contribution in [2.75, 3.05) is 17.7 Å². The third kappa shape index (κ3) is 3.72. The van der Waals surface area contributed by atoms with E-state index in [1.54, 1.807) is 31.5 Å². The van der Waals surface area contributed by atoms with E-state index in [1.165, 1.54) is 0 Å². The van der Waals surface area contributed by atoms with E-state index >= 15 is 0 Å². The average Bonchev–Trinajstić information content (AvgIpc) is 2.58. The van der Waals surface area contributed by atoms with Gasteiger partial charge < -0.3 is 15.4 Å². The van der Waals surface area contributed by atoms with Crippen molar-refractivity contribution in [3.05, 3.63) is 59.2 Å². The Morgan fingerprint density at radius 2 is 1.88 bits per heavy atom. The van der Waals surface area contributed by atoms with Crippen molar-refractivity contribution in [3.8, 4) is 5.75 Å². The molecule has 24 heavy (non-hydrogen) atoms. The van der Waals surface area contributed by atoms with Crippen LogP contribution in [-0.2, 0) is 0 Å². The van der Waals surface area contributed by atoms with Crippen LogP contribution in [0.15, 0.2) is 48.7 Å². The van der Waals surface area contributed by atoms with E-state index in [0.29, 0.717) is 28.2 Å². The lowest BCUT2D eigenvalue weighted by Crippen LogP contribution is -2.03. The molecule has 1 heterocycles. The van der Waals surface area contributed by atoms with E-state index in [9.17, 15) is 0 Å². The summed E-state index contributed by atoms with van der Waals surface area (Å²) in [5, 5.41) is 14.8. The Labute approximate surface area is 144 Å². The van der Waals surface area contributed by atoms with Gasteiger partial charge in [-0.25, -0.2) is 0 Å². The van der Waals surface area contributed by atoms with E-state index in [0.717, 1.165) is 11.3 Å². The van der Waals surface area contributed by atoms with Gasteiger partial charge in [0.15, 0.2) is 5.82 Å². The Kier molecular flexibility index (Phi) is 4.77. The van der Waals surface area contributed by atoms with Crippen LogP contribution in [0, 0.1) is 6.92 Å². The van der Waals surface area contributed by atoms with E-state index in [-0.39, 0.29) is 0 Å². The van der Waals surface area contributed by atoms with Gasteiger partial charge in [-0.3, -0.25) is 0 Å². The molecule has 3 rings (SSSR count). The molecule has 0 amide bonds. The lowest BCUT2D eigenvalue weighted by atomic mass is 10.2. The summed E-state index contributed by atoms with van der Waals surface area (Å²) >= 11 is 6.03. The molecule has 0 saturated heterocycles. The SMILES string of the molecule is COc1ccc(Cl)cc1Nc1nncc(Nc2ccccc2C)n1. The highest BCUT2D eigenvalue weighted by Crippen LogP contribution is 2.29. The Morgan fingerprint density at radius 1 is 1.04 bits per heavy atom.